The van der Waals surface area contributed by atoms with E-state index in [9.17, 15) is 19.2 Å². The minimum atomic E-state index is -4.64. The number of rotatable bonds is 6. The second-order valence-electron chi connectivity index (χ2n) is 5.87. The molecule has 0 heterocycles. The second kappa shape index (κ2) is 27.1. The van der Waals surface area contributed by atoms with Crippen molar-refractivity contribution in [3.05, 3.63) is 48.6 Å². The van der Waals surface area contributed by atoms with Crippen molar-refractivity contribution in [2.45, 2.75) is 33.8 Å². The van der Waals surface area contributed by atoms with Crippen LogP contribution < -0.4 is 0 Å². The van der Waals surface area contributed by atoms with Crippen LogP contribution in [-0.2, 0) is 23.7 Å². The summed E-state index contributed by atoms with van der Waals surface area (Å²) in [5.41, 5.74) is 0.704. The molecule has 0 amide bonds. The van der Waals surface area contributed by atoms with E-state index in [2.05, 4.69) is 26.3 Å². The molecule has 0 aromatic carbocycles. The Kier molecular flexibility index (Phi) is 35.1. The SMILES string of the molecule is C=C(C)C(=O)O.C=C(C)C(=O)O.C=C(C)C(=O)O.C=C(C)C(=O)O.O=P(O)(O)O.OCC(O)CO. The summed E-state index contributed by atoms with van der Waals surface area (Å²) in [5, 5.41) is 55.6. The van der Waals surface area contributed by atoms with E-state index in [4.69, 9.17) is 55.0 Å². The fourth-order valence-corrected chi connectivity index (χ4v) is 0.0577. The zero-order chi connectivity index (χ0) is 30.1. The molecular weight excluding hydrogens is 499 g/mol. The Morgan fingerprint density at radius 1 is 0.600 bits per heavy atom. The maximum absolute atomic E-state index is 9.60. The molecule has 0 spiro atoms. The lowest BCUT2D eigenvalue weighted by Gasteiger charge is -1.96. The normalized spacial score (nSPS) is 8.54. The predicted molar refractivity (Wildman–Crippen MR) is 124 cm³/mol. The van der Waals surface area contributed by atoms with Gasteiger partial charge in [-0.25, -0.2) is 23.7 Å². The summed E-state index contributed by atoms with van der Waals surface area (Å²) < 4.78 is 8.88. The molecule has 0 radical (unpaired) electrons. The van der Waals surface area contributed by atoms with E-state index in [1.165, 1.54) is 27.7 Å². The highest BCUT2D eigenvalue weighted by atomic mass is 31.2. The Bertz CT molecular complexity index is 593. The van der Waals surface area contributed by atoms with Crippen molar-refractivity contribution in [3.8, 4) is 0 Å². The highest BCUT2D eigenvalue weighted by Gasteiger charge is 2.00. The topological polar surface area (TPSA) is 288 Å². The highest BCUT2D eigenvalue weighted by molar-refractivity contribution is 7.45. The van der Waals surface area contributed by atoms with Crippen LogP contribution in [0, 0.1) is 0 Å². The van der Waals surface area contributed by atoms with Crippen molar-refractivity contribution in [1.29, 1.82) is 0 Å². The number of aliphatic hydroxyl groups is 3. The molecule has 0 rings (SSSR count). The Labute approximate surface area is 202 Å². The summed E-state index contributed by atoms with van der Waals surface area (Å²) in [6.45, 7) is 17.7. The van der Waals surface area contributed by atoms with Crippen LogP contribution in [0.4, 0.5) is 0 Å². The summed E-state index contributed by atoms with van der Waals surface area (Å²) in [7, 11) is -4.64. The van der Waals surface area contributed by atoms with Crippen LogP contribution in [0.2, 0.25) is 0 Å². The van der Waals surface area contributed by atoms with Gasteiger partial charge in [-0.3, -0.25) is 0 Å². The van der Waals surface area contributed by atoms with Gasteiger partial charge in [-0.1, -0.05) is 26.3 Å². The lowest BCUT2D eigenvalue weighted by Crippen LogP contribution is -2.15. The van der Waals surface area contributed by atoms with Crippen molar-refractivity contribution in [1.82, 2.24) is 0 Å². The second-order valence-corrected chi connectivity index (χ2v) is 6.90. The molecule has 0 aliphatic heterocycles. The molecule has 15 nitrogen and oxygen atoms in total. The molecule has 206 valence electrons. The van der Waals surface area contributed by atoms with Gasteiger partial charge >= 0.3 is 31.7 Å². The smallest absolute Gasteiger partial charge is 0.466 e. The van der Waals surface area contributed by atoms with Crippen LogP contribution in [0.3, 0.4) is 0 Å². The first kappa shape index (κ1) is 45.3. The van der Waals surface area contributed by atoms with Crippen LogP contribution in [0.1, 0.15) is 27.7 Å². The fraction of sp³-hybridized carbons (Fsp3) is 0.368. The third kappa shape index (κ3) is 90.5. The number of aliphatic hydroxyl groups excluding tert-OH is 3. The monoisotopic (exact) mass is 534 g/mol. The number of carboxylic acids is 4. The van der Waals surface area contributed by atoms with E-state index in [1.807, 2.05) is 0 Å². The van der Waals surface area contributed by atoms with Crippen molar-refractivity contribution in [2.24, 2.45) is 0 Å². The summed E-state index contributed by atoms with van der Waals surface area (Å²) in [5.74, 6) is -3.74. The van der Waals surface area contributed by atoms with Gasteiger partial charge in [0.1, 0.15) is 6.10 Å². The molecule has 0 aliphatic carbocycles. The van der Waals surface area contributed by atoms with E-state index in [0.29, 0.717) is 0 Å². The first-order chi connectivity index (χ1) is 15.4. The minimum absolute atomic E-state index is 0.176. The maximum atomic E-state index is 9.60. The van der Waals surface area contributed by atoms with Gasteiger partial charge in [0.25, 0.3) is 0 Å². The van der Waals surface area contributed by atoms with Crippen LogP contribution >= 0.6 is 7.82 Å². The molecular formula is C19H35O15P. The molecule has 0 bridgehead atoms. The predicted octanol–water partition coefficient (Wildman–Crippen LogP) is -0.00830. The highest BCUT2D eigenvalue weighted by Crippen LogP contribution is 2.25. The Morgan fingerprint density at radius 3 is 0.686 bits per heavy atom. The largest absolute Gasteiger partial charge is 0.478 e. The molecule has 0 saturated carbocycles. The first-order valence-corrected chi connectivity index (χ1v) is 10.2. The van der Waals surface area contributed by atoms with Gasteiger partial charge in [-0.2, -0.15) is 0 Å². The molecule has 35 heavy (non-hydrogen) atoms. The average Bonchev–Trinajstić information content (AvgIpc) is 2.67. The summed E-state index contributed by atoms with van der Waals surface area (Å²) in [4.78, 5) is 60.0. The number of hydrogen-bond donors (Lipinski definition) is 10. The minimum Gasteiger partial charge on any atom is -0.478 e. The van der Waals surface area contributed by atoms with Gasteiger partial charge < -0.3 is 50.4 Å². The Hall–Kier alpha value is -3.17. The third-order valence-corrected chi connectivity index (χ3v) is 1.88. The van der Waals surface area contributed by atoms with E-state index in [-0.39, 0.29) is 35.5 Å². The van der Waals surface area contributed by atoms with Gasteiger partial charge in [-0.15, -0.1) is 0 Å². The molecule has 0 aromatic heterocycles. The van der Waals surface area contributed by atoms with Gasteiger partial charge in [0.05, 0.1) is 13.2 Å². The number of aliphatic carboxylic acids is 4. The van der Waals surface area contributed by atoms with Gasteiger partial charge in [-0.05, 0) is 27.7 Å². The van der Waals surface area contributed by atoms with E-state index in [0.717, 1.165) is 0 Å². The number of phosphoric acid groups is 1. The molecule has 0 unspecified atom stereocenters. The summed E-state index contributed by atoms with van der Waals surface area (Å²) in [6.07, 6.45) is -0.954. The zero-order valence-electron chi connectivity index (χ0n) is 19.8. The molecule has 16 heteroatoms. The Balaban J connectivity index is -0.0000000722. The lowest BCUT2D eigenvalue weighted by atomic mass is 10.4. The zero-order valence-corrected chi connectivity index (χ0v) is 20.7. The average molecular weight is 534 g/mol. The quantitative estimate of drug-likeness (QED) is 0.158. The van der Waals surface area contributed by atoms with E-state index >= 15 is 0 Å². The van der Waals surface area contributed by atoms with Crippen molar-refractivity contribution in [2.75, 3.05) is 13.2 Å². The van der Waals surface area contributed by atoms with Crippen LogP contribution in [-0.4, -0.2) is 93.6 Å². The van der Waals surface area contributed by atoms with E-state index < -0.39 is 37.8 Å². The number of hydrogen-bond acceptors (Lipinski definition) is 8. The van der Waals surface area contributed by atoms with Gasteiger partial charge in [0.15, 0.2) is 0 Å². The Morgan fingerprint density at radius 2 is 0.686 bits per heavy atom. The molecule has 10 N–H and O–H groups in total. The van der Waals surface area contributed by atoms with E-state index in [1.54, 1.807) is 0 Å². The number of carboxylic acid groups (broad SMARTS) is 4. The van der Waals surface area contributed by atoms with Crippen molar-refractivity contribution >= 4 is 31.7 Å². The molecule has 0 aromatic rings. The summed E-state index contributed by atoms with van der Waals surface area (Å²) in [6, 6.07) is 0. The summed E-state index contributed by atoms with van der Waals surface area (Å²) >= 11 is 0. The standard InChI is InChI=1S/4C4H6O2.C3H8O3.H3O4P/c4*1-3(2)4(5)6;4-1-3(6)2-5;1-5(2,3)4/h4*1H2,2H3,(H,5,6);3-6H,1-2H2;(H3,1,2,3,4). The van der Waals surface area contributed by atoms with Crippen LogP contribution in [0.25, 0.3) is 0 Å². The van der Waals surface area contributed by atoms with Gasteiger partial charge in [0, 0.05) is 22.3 Å². The fourth-order valence-electron chi connectivity index (χ4n) is 0.0577. The van der Waals surface area contributed by atoms with Crippen molar-refractivity contribution in [3.63, 3.8) is 0 Å². The van der Waals surface area contributed by atoms with Crippen molar-refractivity contribution < 1.29 is 74.2 Å². The maximum Gasteiger partial charge on any atom is 0.466 e. The third-order valence-electron chi connectivity index (χ3n) is 1.88. The molecule has 0 saturated heterocycles. The molecule has 0 atom stereocenters. The van der Waals surface area contributed by atoms with Gasteiger partial charge in [0.2, 0.25) is 0 Å². The first-order valence-electron chi connectivity index (χ1n) is 8.61. The molecule has 0 fully saturated rings. The molecule has 0 aliphatic rings. The van der Waals surface area contributed by atoms with Crippen LogP contribution in [0.5, 0.6) is 0 Å². The lowest BCUT2D eigenvalue weighted by molar-refractivity contribution is -0.133. The number of carbonyl (C=O) groups is 4. The van der Waals surface area contributed by atoms with Crippen LogP contribution in [0.15, 0.2) is 48.6 Å².